The molecule has 26 heavy (non-hydrogen) atoms. The highest BCUT2D eigenvalue weighted by Gasteiger charge is 2.07. The first-order valence-electron chi connectivity index (χ1n) is 7.92. The van der Waals surface area contributed by atoms with E-state index in [1.807, 2.05) is 30.5 Å². The Bertz CT molecular complexity index is 757. The summed E-state index contributed by atoms with van der Waals surface area (Å²) >= 11 is 6.48. The molecule has 2 rings (SSSR count). The predicted octanol–water partition coefficient (Wildman–Crippen LogP) is 5.92. The lowest BCUT2D eigenvalue weighted by atomic mass is 10.2. The van der Waals surface area contributed by atoms with Crippen molar-refractivity contribution in [2.75, 3.05) is 18.8 Å². The van der Waals surface area contributed by atoms with Gasteiger partial charge in [-0.25, -0.2) is 9.97 Å². The molecule has 0 aliphatic heterocycles. The normalized spacial score (nSPS) is 11.1. The zero-order valence-electron chi connectivity index (χ0n) is 16.0. The van der Waals surface area contributed by atoms with Crippen molar-refractivity contribution in [2.45, 2.75) is 19.6 Å². The standard InChI is InChI=1S/C15H21NSSi.C5H3Br2N/c1-17(2,3)11-9-15-8-7-14(13-16-15)10-12-18(4,5)6;6-4-1-2-5(7)8-3-4/h7-8,13H,1-6H3;1-3H. The van der Waals surface area contributed by atoms with Crippen LogP contribution in [0.5, 0.6) is 0 Å². The lowest BCUT2D eigenvalue weighted by molar-refractivity contribution is 1.26. The van der Waals surface area contributed by atoms with Crippen LogP contribution in [0.2, 0.25) is 19.6 Å². The summed E-state index contributed by atoms with van der Waals surface area (Å²) in [5.74, 6) is 6.31. The molecule has 0 aliphatic rings. The van der Waals surface area contributed by atoms with E-state index in [1.54, 1.807) is 6.20 Å². The molecule has 0 unspecified atom stereocenters. The van der Waals surface area contributed by atoms with Crippen molar-refractivity contribution >= 4 is 50.0 Å². The Kier molecular flexibility index (Phi) is 9.13. The fourth-order valence-corrected chi connectivity index (χ4v) is 2.76. The Morgan fingerprint density at radius 2 is 1.58 bits per heavy atom. The van der Waals surface area contributed by atoms with Crippen LogP contribution in [0.4, 0.5) is 0 Å². The number of aromatic nitrogens is 2. The average molecular weight is 512 g/mol. The van der Waals surface area contributed by atoms with Crippen molar-refractivity contribution in [3.8, 4) is 22.6 Å². The summed E-state index contributed by atoms with van der Waals surface area (Å²) in [6.07, 6.45) is 10.1. The highest BCUT2D eigenvalue weighted by atomic mass is 79.9. The van der Waals surface area contributed by atoms with Crippen molar-refractivity contribution in [2.24, 2.45) is 0 Å². The minimum Gasteiger partial charge on any atom is -0.248 e. The number of pyridine rings is 2. The van der Waals surface area contributed by atoms with Gasteiger partial charge in [0.1, 0.15) is 18.4 Å². The van der Waals surface area contributed by atoms with E-state index in [0.29, 0.717) is 0 Å². The van der Waals surface area contributed by atoms with Crippen LogP contribution >= 0.6 is 41.9 Å². The molecule has 2 aromatic rings. The number of hydrogen-bond acceptors (Lipinski definition) is 2. The fraction of sp³-hybridized carbons (Fsp3) is 0.300. The molecule has 0 N–H and O–H groups in total. The summed E-state index contributed by atoms with van der Waals surface area (Å²) in [5.41, 5.74) is 5.14. The summed E-state index contributed by atoms with van der Waals surface area (Å²) in [5, 5.41) is 3.26. The van der Waals surface area contributed by atoms with E-state index in [2.05, 4.69) is 103 Å². The van der Waals surface area contributed by atoms with Crippen LogP contribution in [0.15, 0.2) is 45.7 Å². The smallest absolute Gasteiger partial charge is 0.129 e. The highest BCUT2D eigenvalue weighted by molar-refractivity contribution is 9.11. The summed E-state index contributed by atoms with van der Waals surface area (Å²) < 4.78 is 1.86. The quantitative estimate of drug-likeness (QED) is 0.249. The van der Waals surface area contributed by atoms with E-state index in [1.165, 1.54) is 0 Å². The molecule has 0 bridgehead atoms. The van der Waals surface area contributed by atoms with Gasteiger partial charge in [0, 0.05) is 22.4 Å². The lowest BCUT2D eigenvalue weighted by Gasteiger charge is -2.14. The zero-order valence-corrected chi connectivity index (χ0v) is 21.0. The van der Waals surface area contributed by atoms with Crippen LogP contribution in [-0.2, 0) is 0 Å². The van der Waals surface area contributed by atoms with Crippen LogP contribution in [0.1, 0.15) is 11.3 Å². The molecule has 0 atom stereocenters. The third kappa shape index (κ3) is 11.5. The maximum atomic E-state index is 4.34. The molecule has 6 heteroatoms. The van der Waals surface area contributed by atoms with Gasteiger partial charge in [-0.05, 0) is 86.1 Å². The molecular formula is C20H24Br2N2SSi. The molecule has 0 fully saturated rings. The minimum atomic E-state index is -1.31. The number of hydrogen-bond donors (Lipinski definition) is 0. The summed E-state index contributed by atoms with van der Waals surface area (Å²) in [7, 11) is -2.09. The van der Waals surface area contributed by atoms with Gasteiger partial charge in [0.25, 0.3) is 0 Å². The van der Waals surface area contributed by atoms with Gasteiger partial charge in [-0.15, -0.1) is 5.54 Å². The molecular weight excluding hydrogens is 488 g/mol. The Hall–Kier alpha value is -1.05. The van der Waals surface area contributed by atoms with Crippen molar-refractivity contribution in [3.05, 3.63) is 57.0 Å². The van der Waals surface area contributed by atoms with Gasteiger partial charge in [-0.3, -0.25) is 0 Å². The Balaban J connectivity index is 0.000000350. The van der Waals surface area contributed by atoms with E-state index in [0.717, 1.165) is 20.3 Å². The molecule has 0 spiro atoms. The highest BCUT2D eigenvalue weighted by Crippen LogP contribution is 2.32. The third-order valence-electron chi connectivity index (χ3n) is 2.52. The van der Waals surface area contributed by atoms with Crippen LogP contribution in [0, 0.1) is 22.6 Å². The van der Waals surface area contributed by atoms with Gasteiger partial charge in [0.05, 0.1) is 0 Å². The largest absolute Gasteiger partial charge is 0.248 e. The SMILES string of the molecule is Brc1ccc(Br)nc1.C[Si](C)(C)C#Cc1ccc(C#CS(C)(C)C)nc1. The first-order chi connectivity index (χ1) is 11.9. The third-order valence-corrected chi connectivity index (χ3v) is 5.05. The maximum Gasteiger partial charge on any atom is 0.129 e. The van der Waals surface area contributed by atoms with Gasteiger partial charge in [0.2, 0.25) is 0 Å². The number of rotatable bonds is 0. The molecule has 138 valence electrons. The summed E-state index contributed by atoms with van der Waals surface area (Å²) in [4.78, 5) is 8.28. The number of halogens is 2. The van der Waals surface area contributed by atoms with E-state index in [4.69, 9.17) is 0 Å². The Morgan fingerprint density at radius 1 is 0.885 bits per heavy atom. The summed E-state index contributed by atoms with van der Waals surface area (Å²) in [6.45, 7) is 6.71. The van der Waals surface area contributed by atoms with Crippen LogP contribution in [-0.4, -0.2) is 36.8 Å². The van der Waals surface area contributed by atoms with Gasteiger partial charge >= 0.3 is 0 Å². The Labute approximate surface area is 177 Å². The predicted molar refractivity (Wildman–Crippen MR) is 126 cm³/mol. The molecule has 2 heterocycles. The average Bonchev–Trinajstić information content (AvgIpc) is 2.54. The van der Waals surface area contributed by atoms with Gasteiger partial charge < -0.3 is 0 Å². The monoisotopic (exact) mass is 510 g/mol. The number of nitrogens with zero attached hydrogens (tertiary/aromatic N) is 2. The van der Waals surface area contributed by atoms with E-state index < -0.39 is 18.1 Å². The van der Waals surface area contributed by atoms with Crippen molar-refractivity contribution in [1.82, 2.24) is 9.97 Å². The van der Waals surface area contributed by atoms with Gasteiger partial charge in [-0.2, -0.15) is 10.0 Å². The first-order valence-corrected chi connectivity index (χ1v) is 15.9. The topological polar surface area (TPSA) is 25.8 Å². The first kappa shape index (κ1) is 23.0. The molecule has 0 saturated heterocycles. The maximum absolute atomic E-state index is 4.34. The molecule has 2 aromatic heterocycles. The Morgan fingerprint density at radius 3 is 2.00 bits per heavy atom. The second-order valence-electron chi connectivity index (χ2n) is 7.30. The van der Waals surface area contributed by atoms with Crippen molar-refractivity contribution in [1.29, 1.82) is 0 Å². The van der Waals surface area contributed by atoms with E-state index in [-0.39, 0.29) is 0 Å². The van der Waals surface area contributed by atoms with Crippen LogP contribution < -0.4 is 0 Å². The lowest BCUT2D eigenvalue weighted by Crippen LogP contribution is -2.16. The van der Waals surface area contributed by atoms with E-state index >= 15 is 0 Å². The van der Waals surface area contributed by atoms with Crippen molar-refractivity contribution in [3.63, 3.8) is 0 Å². The molecule has 0 saturated carbocycles. The second-order valence-corrected chi connectivity index (χ2v) is 17.7. The summed E-state index contributed by atoms with van der Waals surface area (Å²) in [6, 6.07) is 7.76. The van der Waals surface area contributed by atoms with Crippen LogP contribution in [0.3, 0.4) is 0 Å². The van der Waals surface area contributed by atoms with Crippen LogP contribution in [0.25, 0.3) is 0 Å². The minimum absolute atomic E-state index is 0.786. The van der Waals surface area contributed by atoms with E-state index in [9.17, 15) is 0 Å². The molecule has 0 aromatic carbocycles. The molecule has 0 radical (unpaired) electrons. The molecule has 0 amide bonds. The molecule has 2 nitrogen and oxygen atoms in total. The zero-order chi connectivity index (χ0) is 19.8. The van der Waals surface area contributed by atoms with Gasteiger partial charge in [-0.1, -0.05) is 25.6 Å². The van der Waals surface area contributed by atoms with Gasteiger partial charge in [0.15, 0.2) is 0 Å². The fourth-order valence-electron chi connectivity index (χ4n) is 1.36. The molecule has 0 aliphatic carbocycles. The van der Waals surface area contributed by atoms with Crippen molar-refractivity contribution < 1.29 is 0 Å². The second kappa shape index (κ2) is 10.3.